The minimum absolute atomic E-state index is 0.0109. The highest BCUT2D eigenvalue weighted by atomic mass is 16.2. The Balaban J connectivity index is 2.04. The van der Waals surface area contributed by atoms with Crippen LogP contribution in [0.5, 0.6) is 0 Å². The maximum Gasteiger partial charge on any atom is 0.238 e. The van der Waals surface area contributed by atoms with Crippen LogP contribution in [-0.4, -0.2) is 23.9 Å². The van der Waals surface area contributed by atoms with Gasteiger partial charge in [-0.05, 0) is 30.0 Å². The van der Waals surface area contributed by atoms with Crippen LogP contribution in [-0.2, 0) is 17.8 Å². The van der Waals surface area contributed by atoms with Crippen molar-refractivity contribution in [3.63, 3.8) is 0 Å². The van der Waals surface area contributed by atoms with Crippen molar-refractivity contribution in [2.75, 3.05) is 18.4 Å². The normalized spacial score (nSPS) is 10.6. The summed E-state index contributed by atoms with van der Waals surface area (Å²) in [6.45, 7) is 9.68. The Morgan fingerprint density at radius 1 is 1.17 bits per heavy atom. The highest BCUT2D eigenvalue weighted by Gasteiger charge is 2.13. The van der Waals surface area contributed by atoms with Crippen LogP contribution >= 0.6 is 0 Å². The molecule has 0 fully saturated rings. The van der Waals surface area contributed by atoms with E-state index in [2.05, 4.69) is 41.9 Å². The van der Waals surface area contributed by atoms with Gasteiger partial charge in [-0.3, -0.25) is 9.69 Å². The monoisotopic (exact) mass is 322 g/mol. The van der Waals surface area contributed by atoms with E-state index in [0.717, 1.165) is 24.2 Å². The molecule has 0 spiro atoms. The largest absolute Gasteiger partial charge is 0.324 e. The highest BCUT2D eigenvalue weighted by Crippen LogP contribution is 2.21. The molecule has 0 heterocycles. The van der Waals surface area contributed by atoms with Crippen molar-refractivity contribution in [2.45, 2.75) is 26.8 Å². The Morgan fingerprint density at radius 2 is 1.92 bits per heavy atom. The van der Waals surface area contributed by atoms with Crippen molar-refractivity contribution in [1.29, 1.82) is 0 Å². The van der Waals surface area contributed by atoms with Crippen molar-refractivity contribution in [2.24, 2.45) is 0 Å². The summed E-state index contributed by atoms with van der Waals surface area (Å²) in [6, 6.07) is 16.3. The van der Waals surface area contributed by atoms with E-state index in [1.54, 1.807) is 0 Å². The van der Waals surface area contributed by atoms with Gasteiger partial charge in [0.05, 0.1) is 6.54 Å². The van der Waals surface area contributed by atoms with E-state index in [1.165, 1.54) is 11.1 Å². The number of hydrogen-bond acceptors (Lipinski definition) is 2. The maximum atomic E-state index is 12.5. The van der Waals surface area contributed by atoms with Crippen LogP contribution in [0.25, 0.3) is 0 Å². The number of rotatable bonds is 8. The van der Waals surface area contributed by atoms with Gasteiger partial charge in [0.1, 0.15) is 0 Å². The van der Waals surface area contributed by atoms with E-state index < -0.39 is 0 Å². The van der Waals surface area contributed by atoms with Gasteiger partial charge in [-0.1, -0.05) is 61.5 Å². The van der Waals surface area contributed by atoms with Crippen molar-refractivity contribution in [3.05, 3.63) is 77.9 Å². The summed E-state index contributed by atoms with van der Waals surface area (Å²) >= 11 is 0. The number of aryl methyl sites for hydroxylation is 2. The minimum atomic E-state index is 0.0109. The average molecular weight is 322 g/mol. The minimum Gasteiger partial charge on any atom is -0.324 e. The smallest absolute Gasteiger partial charge is 0.238 e. The fourth-order valence-corrected chi connectivity index (χ4v) is 2.79. The molecule has 1 amide bonds. The summed E-state index contributed by atoms with van der Waals surface area (Å²) in [6.07, 6.45) is 2.74. The Hall–Kier alpha value is -2.39. The highest BCUT2D eigenvalue weighted by molar-refractivity contribution is 5.93. The second kappa shape index (κ2) is 9.04. The molecular formula is C21H26N2O. The lowest BCUT2D eigenvalue weighted by Crippen LogP contribution is -2.33. The Morgan fingerprint density at radius 3 is 2.58 bits per heavy atom. The SMILES string of the molecule is C=CCN(CC(=O)Nc1c(C)cccc1CC)Cc1ccccc1. The van der Waals surface area contributed by atoms with Gasteiger partial charge in [0, 0.05) is 18.8 Å². The van der Waals surface area contributed by atoms with Gasteiger partial charge >= 0.3 is 0 Å². The third-order valence-electron chi connectivity index (χ3n) is 4.01. The average Bonchev–Trinajstić information content (AvgIpc) is 2.58. The zero-order valence-electron chi connectivity index (χ0n) is 14.6. The fraction of sp³-hybridized carbons (Fsp3) is 0.286. The number of hydrogen-bond donors (Lipinski definition) is 1. The standard InChI is InChI=1S/C21H26N2O/c1-4-14-23(15-18-11-7-6-8-12-18)16-20(24)22-21-17(3)10-9-13-19(21)5-2/h4,6-13H,1,5,14-16H2,2-3H3,(H,22,24). The van der Waals surface area contributed by atoms with Gasteiger partial charge in [0.15, 0.2) is 0 Å². The van der Waals surface area contributed by atoms with E-state index in [9.17, 15) is 4.79 Å². The number of carbonyl (C=O) groups excluding carboxylic acids is 1. The molecule has 0 aliphatic rings. The molecule has 2 aromatic carbocycles. The number of carbonyl (C=O) groups is 1. The quantitative estimate of drug-likeness (QED) is 0.739. The molecule has 0 aromatic heterocycles. The lowest BCUT2D eigenvalue weighted by atomic mass is 10.1. The predicted molar refractivity (Wildman–Crippen MR) is 101 cm³/mol. The van der Waals surface area contributed by atoms with Gasteiger partial charge in [-0.25, -0.2) is 0 Å². The molecule has 2 rings (SSSR count). The molecule has 0 unspecified atom stereocenters. The van der Waals surface area contributed by atoms with Crippen LogP contribution in [0.2, 0.25) is 0 Å². The lowest BCUT2D eigenvalue weighted by molar-refractivity contribution is -0.117. The first-order valence-electron chi connectivity index (χ1n) is 8.39. The van der Waals surface area contributed by atoms with Gasteiger partial charge in [-0.15, -0.1) is 6.58 Å². The Kier molecular flexibility index (Phi) is 6.76. The van der Waals surface area contributed by atoms with Crippen LogP contribution in [0.1, 0.15) is 23.6 Å². The number of benzene rings is 2. The van der Waals surface area contributed by atoms with Crippen molar-refractivity contribution >= 4 is 11.6 Å². The van der Waals surface area contributed by atoms with E-state index in [1.807, 2.05) is 43.3 Å². The number of amides is 1. The molecule has 0 saturated heterocycles. The molecule has 24 heavy (non-hydrogen) atoms. The van der Waals surface area contributed by atoms with Crippen molar-refractivity contribution in [3.8, 4) is 0 Å². The summed E-state index contributed by atoms with van der Waals surface area (Å²) in [5.74, 6) is 0.0109. The Bertz CT molecular complexity index is 679. The lowest BCUT2D eigenvalue weighted by Gasteiger charge is -2.21. The zero-order valence-corrected chi connectivity index (χ0v) is 14.6. The third-order valence-corrected chi connectivity index (χ3v) is 4.01. The molecule has 3 nitrogen and oxygen atoms in total. The summed E-state index contributed by atoms with van der Waals surface area (Å²) < 4.78 is 0. The van der Waals surface area contributed by atoms with E-state index >= 15 is 0 Å². The summed E-state index contributed by atoms with van der Waals surface area (Å²) in [5.41, 5.74) is 4.41. The summed E-state index contributed by atoms with van der Waals surface area (Å²) in [7, 11) is 0. The molecule has 0 aliphatic heterocycles. The van der Waals surface area contributed by atoms with Crippen LogP contribution in [0.3, 0.4) is 0 Å². The molecule has 2 aromatic rings. The molecule has 0 atom stereocenters. The van der Waals surface area contributed by atoms with Crippen LogP contribution in [0.15, 0.2) is 61.2 Å². The maximum absolute atomic E-state index is 12.5. The summed E-state index contributed by atoms with van der Waals surface area (Å²) in [4.78, 5) is 14.6. The Labute approximate surface area is 145 Å². The molecular weight excluding hydrogens is 296 g/mol. The predicted octanol–water partition coefficient (Wildman–Crippen LogP) is 4.18. The van der Waals surface area contributed by atoms with Gasteiger partial charge in [-0.2, -0.15) is 0 Å². The second-order valence-electron chi connectivity index (χ2n) is 5.95. The molecule has 0 aliphatic carbocycles. The first-order valence-corrected chi connectivity index (χ1v) is 8.39. The molecule has 126 valence electrons. The van der Waals surface area contributed by atoms with E-state index in [-0.39, 0.29) is 5.91 Å². The zero-order chi connectivity index (χ0) is 17.4. The third kappa shape index (κ3) is 5.07. The van der Waals surface area contributed by atoms with Crippen molar-refractivity contribution < 1.29 is 4.79 Å². The molecule has 3 heteroatoms. The van der Waals surface area contributed by atoms with Crippen LogP contribution < -0.4 is 5.32 Å². The number of nitrogens with zero attached hydrogens (tertiary/aromatic N) is 1. The van der Waals surface area contributed by atoms with Gasteiger partial charge in [0.2, 0.25) is 5.91 Å². The fourth-order valence-electron chi connectivity index (χ4n) is 2.79. The first-order chi connectivity index (χ1) is 11.6. The first kappa shape index (κ1) is 18.0. The molecule has 1 N–H and O–H groups in total. The summed E-state index contributed by atoms with van der Waals surface area (Å²) in [5, 5.41) is 3.09. The number of anilines is 1. The van der Waals surface area contributed by atoms with Gasteiger partial charge in [0.25, 0.3) is 0 Å². The second-order valence-corrected chi connectivity index (χ2v) is 5.95. The number of nitrogens with one attached hydrogen (secondary N) is 1. The van der Waals surface area contributed by atoms with Gasteiger partial charge < -0.3 is 5.32 Å². The van der Waals surface area contributed by atoms with Crippen molar-refractivity contribution in [1.82, 2.24) is 4.90 Å². The number of para-hydroxylation sites is 1. The topological polar surface area (TPSA) is 32.3 Å². The molecule has 0 radical (unpaired) electrons. The molecule has 0 bridgehead atoms. The van der Waals surface area contributed by atoms with E-state index in [4.69, 9.17) is 0 Å². The molecule has 0 saturated carbocycles. The van der Waals surface area contributed by atoms with Crippen LogP contribution in [0, 0.1) is 6.92 Å². The van der Waals surface area contributed by atoms with E-state index in [0.29, 0.717) is 13.1 Å². The van der Waals surface area contributed by atoms with Crippen LogP contribution in [0.4, 0.5) is 5.69 Å².